The summed E-state index contributed by atoms with van der Waals surface area (Å²) in [6.07, 6.45) is 0.762. The van der Waals surface area contributed by atoms with E-state index in [0.717, 1.165) is 23.0 Å². The molecule has 132 valence electrons. The summed E-state index contributed by atoms with van der Waals surface area (Å²) in [5, 5.41) is 12.3. The molecule has 2 heterocycles. The van der Waals surface area contributed by atoms with Gasteiger partial charge in [0.2, 0.25) is 0 Å². The first-order valence-corrected chi connectivity index (χ1v) is 9.15. The summed E-state index contributed by atoms with van der Waals surface area (Å²) < 4.78 is 14.5. The minimum atomic E-state index is -0.233. The van der Waals surface area contributed by atoms with Gasteiger partial charge in [0, 0.05) is 6.54 Å². The van der Waals surface area contributed by atoms with Crippen molar-refractivity contribution in [3.8, 4) is 0 Å². The van der Waals surface area contributed by atoms with Crippen LogP contribution in [0.5, 0.6) is 0 Å². The Bertz CT molecular complexity index is 1050. The summed E-state index contributed by atoms with van der Waals surface area (Å²) in [6.45, 7) is 0.676. The number of thioether (sulfide) groups is 1. The number of amidine groups is 1. The Labute approximate surface area is 152 Å². The summed E-state index contributed by atoms with van der Waals surface area (Å²) in [7, 11) is 0. The second-order valence-electron chi connectivity index (χ2n) is 5.80. The van der Waals surface area contributed by atoms with Gasteiger partial charge in [0.15, 0.2) is 11.0 Å². The first-order valence-electron chi connectivity index (χ1n) is 8.16. The molecule has 0 fully saturated rings. The van der Waals surface area contributed by atoms with E-state index in [1.807, 2.05) is 24.3 Å². The molecule has 0 radical (unpaired) electrons. The molecule has 0 aliphatic carbocycles. The minimum Gasteiger partial charge on any atom is -0.363 e. The van der Waals surface area contributed by atoms with E-state index in [2.05, 4.69) is 20.5 Å². The number of imidazole rings is 1. The molecule has 0 spiro atoms. The number of aromatic amines is 1. The second-order valence-corrected chi connectivity index (χ2v) is 6.76. The third-order valence-electron chi connectivity index (χ3n) is 4.05. The topological polar surface area (TPSA) is 74.5 Å². The SMILES string of the molecule is O=c1[nH]c2ccccc2n1C1=NN=C(NCCc2ccc(F)cc2)SC1. The molecule has 0 saturated heterocycles. The maximum atomic E-state index is 12.9. The van der Waals surface area contributed by atoms with Crippen molar-refractivity contribution >= 4 is 33.8 Å². The van der Waals surface area contributed by atoms with Crippen LogP contribution in [0.3, 0.4) is 0 Å². The van der Waals surface area contributed by atoms with Crippen LogP contribution in [-0.2, 0) is 6.42 Å². The average Bonchev–Trinajstić information content (AvgIpc) is 3.00. The van der Waals surface area contributed by atoms with Gasteiger partial charge < -0.3 is 10.3 Å². The number of rotatable bonds is 3. The summed E-state index contributed by atoms with van der Waals surface area (Å²) >= 11 is 1.50. The molecule has 0 saturated carbocycles. The van der Waals surface area contributed by atoms with Crippen LogP contribution >= 0.6 is 11.8 Å². The fraction of sp³-hybridized carbons (Fsp3) is 0.167. The van der Waals surface area contributed by atoms with Crippen LogP contribution in [0, 0.1) is 5.82 Å². The van der Waals surface area contributed by atoms with Crippen LogP contribution in [0.2, 0.25) is 0 Å². The highest BCUT2D eigenvalue weighted by Crippen LogP contribution is 2.14. The lowest BCUT2D eigenvalue weighted by atomic mass is 10.1. The molecule has 26 heavy (non-hydrogen) atoms. The smallest absolute Gasteiger partial charge is 0.332 e. The zero-order valence-electron chi connectivity index (χ0n) is 13.8. The van der Waals surface area contributed by atoms with E-state index < -0.39 is 0 Å². The molecule has 1 aliphatic rings. The molecule has 0 unspecified atom stereocenters. The quantitative estimate of drug-likeness (QED) is 0.745. The summed E-state index contributed by atoms with van der Waals surface area (Å²) in [5.41, 5.74) is 2.40. The van der Waals surface area contributed by atoms with E-state index >= 15 is 0 Å². The van der Waals surface area contributed by atoms with E-state index in [1.165, 1.54) is 23.9 Å². The molecule has 4 rings (SSSR count). The van der Waals surface area contributed by atoms with E-state index in [-0.39, 0.29) is 11.5 Å². The lowest BCUT2D eigenvalue weighted by Gasteiger charge is -2.14. The number of halogens is 1. The first-order chi connectivity index (χ1) is 12.7. The van der Waals surface area contributed by atoms with E-state index in [9.17, 15) is 9.18 Å². The molecule has 1 aliphatic heterocycles. The molecule has 2 aromatic carbocycles. The fourth-order valence-electron chi connectivity index (χ4n) is 2.77. The summed E-state index contributed by atoms with van der Waals surface area (Å²) in [4.78, 5) is 15.0. The summed E-state index contributed by atoms with van der Waals surface area (Å²) in [5.74, 6) is 0.911. The molecule has 2 N–H and O–H groups in total. The van der Waals surface area contributed by atoms with Gasteiger partial charge in [-0.15, -0.1) is 10.2 Å². The van der Waals surface area contributed by atoms with Crippen molar-refractivity contribution in [2.75, 3.05) is 12.3 Å². The summed E-state index contributed by atoms with van der Waals surface area (Å²) in [6, 6.07) is 13.9. The number of benzene rings is 2. The standard InChI is InChI=1S/C18H16FN5OS/c19-13-7-5-12(6-8-13)9-10-20-17-23-22-16(11-26-17)24-15-4-2-1-3-14(15)21-18(24)25/h1-8H,9-11H2,(H,20,23)(H,21,25). The van der Waals surface area contributed by atoms with Crippen LogP contribution in [-0.4, -0.2) is 32.9 Å². The highest BCUT2D eigenvalue weighted by molar-refractivity contribution is 8.14. The minimum absolute atomic E-state index is 0.214. The normalized spacial score (nSPS) is 14.2. The Hall–Kier alpha value is -2.87. The van der Waals surface area contributed by atoms with Crippen molar-refractivity contribution in [1.29, 1.82) is 0 Å². The number of hydrogen-bond acceptors (Lipinski definition) is 5. The van der Waals surface area contributed by atoms with Gasteiger partial charge >= 0.3 is 5.69 Å². The third-order valence-corrected chi connectivity index (χ3v) is 4.95. The van der Waals surface area contributed by atoms with Gasteiger partial charge in [-0.1, -0.05) is 36.0 Å². The number of hydrogen-bond donors (Lipinski definition) is 2. The van der Waals surface area contributed by atoms with Crippen molar-refractivity contribution in [1.82, 2.24) is 14.9 Å². The van der Waals surface area contributed by atoms with Crippen molar-refractivity contribution in [3.05, 3.63) is 70.4 Å². The van der Waals surface area contributed by atoms with Crippen molar-refractivity contribution in [2.45, 2.75) is 6.42 Å². The Kier molecular flexibility index (Phi) is 4.57. The number of aromatic nitrogens is 2. The van der Waals surface area contributed by atoms with E-state index in [4.69, 9.17) is 0 Å². The third kappa shape index (κ3) is 3.41. The van der Waals surface area contributed by atoms with Crippen molar-refractivity contribution in [2.24, 2.45) is 10.2 Å². The number of nitrogens with zero attached hydrogens (tertiary/aromatic N) is 3. The number of para-hydroxylation sites is 2. The van der Waals surface area contributed by atoms with Gasteiger partial charge in [-0.3, -0.25) is 0 Å². The van der Waals surface area contributed by atoms with Gasteiger partial charge in [-0.25, -0.2) is 13.8 Å². The second kappa shape index (κ2) is 7.17. The Balaban J connectivity index is 1.44. The molecule has 1 aromatic heterocycles. The number of fused-ring (bicyclic) bond motifs is 1. The molecule has 0 bridgehead atoms. The van der Waals surface area contributed by atoms with Crippen molar-refractivity contribution < 1.29 is 4.39 Å². The lowest BCUT2D eigenvalue weighted by molar-refractivity contribution is 0.627. The molecule has 0 amide bonds. The Morgan fingerprint density at radius 3 is 2.73 bits per heavy atom. The van der Waals surface area contributed by atoms with Crippen LogP contribution in [0.15, 0.2) is 63.5 Å². The van der Waals surface area contributed by atoms with Crippen LogP contribution < -0.4 is 11.0 Å². The molecule has 6 nitrogen and oxygen atoms in total. The Morgan fingerprint density at radius 1 is 1.15 bits per heavy atom. The highest BCUT2D eigenvalue weighted by atomic mass is 32.2. The van der Waals surface area contributed by atoms with Crippen LogP contribution in [0.25, 0.3) is 11.0 Å². The van der Waals surface area contributed by atoms with Gasteiger partial charge in [0.05, 0.1) is 16.8 Å². The number of nitrogens with one attached hydrogen (secondary N) is 2. The van der Waals surface area contributed by atoms with E-state index in [1.54, 1.807) is 16.7 Å². The van der Waals surface area contributed by atoms with Gasteiger partial charge in [0.1, 0.15) is 5.82 Å². The van der Waals surface area contributed by atoms with Crippen LogP contribution in [0.4, 0.5) is 4.39 Å². The van der Waals surface area contributed by atoms with Gasteiger partial charge in [0.25, 0.3) is 0 Å². The van der Waals surface area contributed by atoms with Gasteiger partial charge in [-0.2, -0.15) is 0 Å². The van der Waals surface area contributed by atoms with Gasteiger partial charge in [-0.05, 0) is 36.2 Å². The van der Waals surface area contributed by atoms with Crippen LogP contribution in [0.1, 0.15) is 5.56 Å². The van der Waals surface area contributed by atoms with E-state index in [0.29, 0.717) is 23.3 Å². The largest absolute Gasteiger partial charge is 0.363 e. The molecule has 0 atom stereocenters. The molecular formula is C18H16FN5OS. The highest BCUT2D eigenvalue weighted by Gasteiger charge is 2.16. The molecular weight excluding hydrogens is 353 g/mol. The zero-order chi connectivity index (χ0) is 17.9. The average molecular weight is 369 g/mol. The zero-order valence-corrected chi connectivity index (χ0v) is 14.6. The predicted octanol–water partition coefficient (Wildman–Crippen LogP) is 2.57. The fourth-order valence-corrected chi connectivity index (χ4v) is 3.52. The predicted molar refractivity (Wildman–Crippen MR) is 103 cm³/mol. The van der Waals surface area contributed by atoms with Crippen molar-refractivity contribution in [3.63, 3.8) is 0 Å². The monoisotopic (exact) mass is 369 g/mol. The molecule has 3 aromatic rings. The number of H-pyrrole nitrogens is 1. The lowest BCUT2D eigenvalue weighted by Crippen LogP contribution is -2.31. The maximum Gasteiger partial charge on any atom is 0.332 e. The molecule has 8 heteroatoms. The first kappa shape index (κ1) is 16.6. The maximum absolute atomic E-state index is 12.9. The Morgan fingerprint density at radius 2 is 1.96 bits per heavy atom.